The van der Waals surface area contributed by atoms with E-state index < -0.39 is 0 Å². The first-order chi connectivity index (χ1) is 8.56. The number of nitrogens with two attached hydrogens (primary N) is 1. The van der Waals surface area contributed by atoms with Crippen LogP contribution in [0, 0.1) is 6.92 Å². The highest BCUT2D eigenvalue weighted by Gasteiger charge is 2.07. The molecule has 0 bridgehead atoms. The van der Waals surface area contributed by atoms with Gasteiger partial charge in [0.1, 0.15) is 5.82 Å². The van der Waals surface area contributed by atoms with E-state index in [1.807, 2.05) is 13.0 Å². The number of anilines is 2. The molecule has 2 aromatic heterocycles. The van der Waals surface area contributed by atoms with E-state index in [0.717, 1.165) is 28.8 Å². The Morgan fingerprint density at radius 3 is 2.83 bits per heavy atom. The molecule has 0 amide bonds. The van der Waals surface area contributed by atoms with E-state index >= 15 is 0 Å². The van der Waals surface area contributed by atoms with Gasteiger partial charge in [-0.2, -0.15) is 0 Å². The van der Waals surface area contributed by atoms with Crippen molar-refractivity contribution in [3.8, 4) is 0 Å². The van der Waals surface area contributed by atoms with Crippen molar-refractivity contribution in [2.24, 2.45) is 0 Å². The lowest BCUT2D eigenvalue weighted by Crippen LogP contribution is -2.22. The molecule has 0 aromatic carbocycles. The fourth-order valence-corrected chi connectivity index (χ4v) is 3.30. The summed E-state index contributed by atoms with van der Waals surface area (Å²) in [6.07, 6.45) is 2.73. The molecule has 0 atom stereocenters. The number of likely N-dealkylation sites (N-methyl/N-ethyl adjacent to an activating group) is 1. The van der Waals surface area contributed by atoms with E-state index in [1.54, 1.807) is 17.5 Å². The standard InChI is InChI=1S/C13H16BrN3S/c1-9-5-11(15)7-16-13(9)17(2)4-3-12-6-10(14)8-18-12/h5-8H,3-4,15H2,1-2H3. The molecule has 2 N–H and O–H groups in total. The highest BCUT2D eigenvalue weighted by molar-refractivity contribution is 9.10. The molecule has 5 heteroatoms. The number of rotatable bonds is 4. The van der Waals surface area contributed by atoms with Crippen molar-refractivity contribution in [2.75, 3.05) is 24.2 Å². The summed E-state index contributed by atoms with van der Waals surface area (Å²) < 4.78 is 1.16. The normalized spacial score (nSPS) is 10.6. The molecule has 2 heterocycles. The Morgan fingerprint density at radius 2 is 2.22 bits per heavy atom. The first kappa shape index (κ1) is 13.4. The van der Waals surface area contributed by atoms with Crippen molar-refractivity contribution in [3.05, 3.63) is 38.6 Å². The fourth-order valence-electron chi connectivity index (χ4n) is 1.86. The van der Waals surface area contributed by atoms with Gasteiger partial charge < -0.3 is 10.6 Å². The maximum atomic E-state index is 5.71. The Morgan fingerprint density at radius 1 is 1.44 bits per heavy atom. The van der Waals surface area contributed by atoms with Crippen LogP contribution in [0.2, 0.25) is 0 Å². The van der Waals surface area contributed by atoms with Crippen LogP contribution >= 0.6 is 27.3 Å². The number of nitrogens with zero attached hydrogens (tertiary/aromatic N) is 2. The molecule has 2 rings (SSSR count). The van der Waals surface area contributed by atoms with E-state index in [1.165, 1.54) is 4.88 Å². The summed E-state index contributed by atoms with van der Waals surface area (Å²) in [6.45, 7) is 2.99. The zero-order valence-corrected chi connectivity index (χ0v) is 12.9. The number of hydrogen-bond donors (Lipinski definition) is 1. The maximum absolute atomic E-state index is 5.71. The smallest absolute Gasteiger partial charge is 0.131 e. The van der Waals surface area contributed by atoms with Gasteiger partial charge in [-0.15, -0.1) is 11.3 Å². The van der Waals surface area contributed by atoms with Crippen molar-refractivity contribution in [1.29, 1.82) is 0 Å². The number of nitrogen functional groups attached to an aromatic ring is 1. The number of aryl methyl sites for hydroxylation is 1. The molecular formula is C13H16BrN3S. The number of halogens is 1. The highest BCUT2D eigenvalue weighted by atomic mass is 79.9. The minimum atomic E-state index is 0.715. The van der Waals surface area contributed by atoms with Crippen molar-refractivity contribution >= 4 is 38.8 Å². The van der Waals surface area contributed by atoms with Gasteiger partial charge in [-0.3, -0.25) is 0 Å². The number of pyridine rings is 1. The van der Waals surface area contributed by atoms with Crippen molar-refractivity contribution in [1.82, 2.24) is 4.98 Å². The largest absolute Gasteiger partial charge is 0.397 e. The van der Waals surface area contributed by atoms with Gasteiger partial charge in [-0.25, -0.2) is 4.98 Å². The minimum absolute atomic E-state index is 0.715. The number of aromatic nitrogens is 1. The van der Waals surface area contributed by atoms with E-state index in [0.29, 0.717) is 5.69 Å². The van der Waals surface area contributed by atoms with E-state index in [4.69, 9.17) is 5.73 Å². The van der Waals surface area contributed by atoms with Gasteiger partial charge in [0.25, 0.3) is 0 Å². The summed E-state index contributed by atoms with van der Waals surface area (Å²) in [4.78, 5) is 7.94. The molecule has 0 unspecified atom stereocenters. The second kappa shape index (κ2) is 5.71. The monoisotopic (exact) mass is 325 g/mol. The molecule has 2 aromatic rings. The lowest BCUT2D eigenvalue weighted by molar-refractivity contribution is 0.864. The average Bonchev–Trinajstić information content (AvgIpc) is 2.72. The highest BCUT2D eigenvalue weighted by Crippen LogP contribution is 2.22. The zero-order valence-electron chi connectivity index (χ0n) is 10.5. The summed E-state index contributed by atoms with van der Waals surface area (Å²) in [5.74, 6) is 1.000. The SMILES string of the molecule is Cc1cc(N)cnc1N(C)CCc1cc(Br)cs1. The zero-order chi connectivity index (χ0) is 13.1. The van der Waals surface area contributed by atoms with E-state index in [-0.39, 0.29) is 0 Å². The van der Waals surface area contributed by atoms with Gasteiger partial charge >= 0.3 is 0 Å². The summed E-state index contributed by atoms with van der Waals surface area (Å²) in [5.41, 5.74) is 7.54. The number of hydrogen-bond acceptors (Lipinski definition) is 4. The van der Waals surface area contributed by atoms with Crippen molar-refractivity contribution < 1.29 is 0 Å². The molecule has 0 aliphatic carbocycles. The summed E-state index contributed by atoms with van der Waals surface area (Å²) in [5, 5.41) is 2.11. The Balaban J connectivity index is 2.01. The van der Waals surface area contributed by atoms with Gasteiger partial charge in [0.2, 0.25) is 0 Å². The molecule has 0 saturated carbocycles. The third-order valence-corrected chi connectivity index (χ3v) is 4.51. The second-order valence-corrected chi connectivity index (χ2v) is 6.22. The molecule has 0 aliphatic rings. The summed E-state index contributed by atoms with van der Waals surface area (Å²) >= 11 is 5.25. The van der Waals surface area contributed by atoms with E-state index in [9.17, 15) is 0 Å². The summed E-state index contributed by atoms with van der Waals surface area (Å²) in [7, 11) is 2.06. The molecule has 0 aliphatic heterocycles. The van der Waals surface area contributed by atoms with Crippen molar-refractivity contribution in [2.45, 2.75) is 13.3 Å². The summed E-state index contributed by atoms with van der Waals surface area (Å²) in [6, 6.07) is 4.13. The lowest BCUT2D eigenvalue weighted by Gasteiger charge is -2.19. The topological polar surface area (TPSA) is 42.1 Å². The van der Waals surface area contributed by atoms with Crippen LogP contribution < -0.4 is 10.6 Å². The van der Waals surface area contributed by atoms with Crippen LogP contribution in [0.3, 0.4) is 0 Å². The van der Waals surface area contributed by atoms with Gasteiger partial charge in [0, 0.05) is 28.3 Å². The quantitative estimate of drug-likeness (QED) is 0.935. The Hall–Kier alpha value is -1.07. The van der Waals surface area contributed by atoms with Crippen LogP contribution in [0.25, 0.3) is 0 Å². The molecule has 0 saturated heterocycles. The maximum Gasteiger partial charge on any atom is 0.131 e. The van der Waals surface area contributed by atoms with Crippen LogP contribution in [0.5, 0.6) is 0 Å². The molecular weight excluding hydrogens is 310 g/mol. The van der Waals surface area contributed by atoms with Crippen LogP contribution in [-0.2, 0) is 6.42 Å². The lowest BCUT2D eigenvalue weighted by atomic mass is 10.2. The Labute approximate surface area is 120 Å². The molecule has 18 heavy (non-hydrogen) atoms. The minimum Gasteiger partial charge on any atom is -0.397 e. The molecule has 0 fully saturated rings. The number of thiophene rings is 1. The van der Waals surface area contributed by atoms with Gasteiger partial charge in [-0.1, -0.05) is 0 Å². The average molecular weight is 326 g/mol. The molecule has 0 spiro atoms. The molecule has 96 valence electrons. The predicted octanol–water partition coefficient (Wildman–Crippen LogP) is 3.48. The van der Waals surface area contributed by atoms with E-state index in [2.05, 4.69) is 44.3 Å². The van der Waals surface area contributed by atoms with Gasteiger partial charge in [0.05, 0.1) is 11.9 Å². The molecule has 0 radical (unpaired) electrons. The Kier molecular flexibility index (Phi) is 4.24. The second-order valence-electron chi connectivity index (χ2n) is 4.31. The predicted molar refractivity (Wildman–Crippen MR) is 82.4 cm³/mol. The van der Waals surface area contributed by atoms with Crippen molar-refractivity contribution in [3.63, 3.8) is 0 Å². The third kappa shape index (κ3) is 3.23. The van der Waals surface area contributed by atoms with Gasteiger partial charge in [-0.05, 0) is 47.0 Å². The first-order valence-electron chi connectivity index (χ1n) is 5.72. The first-order valence-corrected chi connectivity index (χ1v) is 7.39. The van der Waals surface area contributed by atoms with Gasteiger partial charge in [0.15, 0.2) is 0 Å². The van der Waals surface area contributed by atoms with Crippen LogP contribution in [0.15, 0.2) is 28.2 Å². The third-order valence-electron chi connectivity index (χ3n) is 2.75. The Bertz CT molecular complexity index is 539. The van der Waals surface area contributed by atoms with Crippen LogP contribution in [0.1, 0.15) is 10.4 Å². The van der Waals surface area contributed by atoms with Crippen LogP contribution in [0.4, 0.5) is 11.5 Å². The molecule has 3 nitrogen and oxygen atoms in total. The fraction of sp³-hybridized carbons (Fsp3) is 0.308. The van der Waals surface area contributed by atoms with Crippen LogP contribution in [-0.4, -0.2) is 18.6 Å².